The van der Waals surface area contributed by atoms with E-state index in [1.165, 1.54) is 5.56 Å². The molecule has 0 aliphatic rings. The molecule has 0 aliphatic heterocycles. The molecule has 0 aromatic heterocycles. The van der Waals surface area contributed by atoms with Crippen molar-refractivity contribution in [3.8, 4) is 5.75 Å². The van der Waals surface area contributed by atoms with Gasteiger partial charge >= 0.3 is 0 Å². The van der Waals surface area contributed by atoms with Crippen LogP contribution >= 0.6 is 12.2 Å². The Morgan fingerprint density at radius 3 is 2.24 bits per heavy atom. The van der Waals surface area contributed by atoms with Gasteiger partial charge in [-0.05, 0) is 67.0 Å². The first-order valence-electron chi connectivity index (χ1n) is 9.36. The molecule has 2 aromatic rings. The minimum absolute atomic E-state index is 0.190. The quantitative estimate of drug-likeness (QED) is 0.411. The van der Waals surface area contributed by atoms with E-state index in [-0.39, 0.29) is 17.6 Å². The normalized spacial score (nSPS) is 10.2. The standard InChI is InChI=1S/C21H26N4O3S/c1-4-28-18-11-7-16(8-12-18)20(27)22-13-19(26)24-25-21(29)23-17-9-5-15(6-10-17)14(2)3/h5-12,14H,4,13H2,1-3H3,(H,22,27)(H,24,26)(H2,23,25,29). The number of hydrogen-bond donors (Lipinski definition) is 4. The van der Waals surface area contributed by atoms with Crippen LogP contribution in [0.2, 0.25) is 0 Å². The number of hydrazine groups is 1. The molecule has 0 saturated carbocycles. The summed E-state index contributed by atoms with van der Waals surface area (Å²) in [6, 6.07) is 14.6. The molecule has 0 radical (unpaired) electrons. The SMILES string of the molecule is CCOc1ccc(C(=O)NCC(=O)NNC(=S)Nc2ccc(C(C)C)cc2)cc1. The van der Waals surface area contributed by atoms with E-state index in [0.29, 0.717) is 23.8 Å². The molecule has 154 valence electrons. The zero-order valence-electron chi connectivity index (χ0n) is 16.7. The van der Waals surface area contributed by atoms with E-state index in [4.69, 9.17) is 17.0 Å². The van der Waals surface area contributed by atoms with Crippen LogP contribution in [0.25, 0.3) is 0 Å². The summed E-state index contributed by atoms with van der Waals surface area (Å²) >= 11 is 5.15. The van der Waals surface area contributed by atoms with Crippen LogP contribution in [-0.2, 0) is 4.79 Å². The first-order valence-corrected chi connectivity index (χ1v) is 9.76. The first kappa shape index (κ1) is 22.2. The van der Waals surface area contributed by atoms with Gasteiger partial charge in [-0.2, -0.15) is 0 Å². The van der Waals surface area contributed by atoms with Gasteiger partial charge in [0.1, 0.15) is 5.75 Å². The van der Waals surface area contributed by atoms with Gasteiger partial charge in [0.05, 0.1) is 13.2 Å². The molecule has 0 aliphatic carbocycles. The molecule has 2 aromatic carbocycles. The van der Waals surface area contributed by atoms with Gasteiger partial charge in [-0.15, -0.1) is 0 Å². The van der Waals surface area contributed by atoms with Gasteiger partial charge in [0.25, 0.3) is 11.8 Å². The van der Waals surface area contributed by atoms with Gasteiger partial charge < -0.3 is 15.4 Å². The van der Waals surface area contributed by atoms with Crippen LogP contribution in [-0.4, -0.2) is 30.1 Å². The van der Waals surface area contributed by atoms with Crippen LogP contribution in [0.5, 0.6) is 5.75 Å². The lowest BCUT2D eigenvalue weighted by Crippen LogP contribution is -2.47. The van der Waals surface area contributed by atoms with Crippen molar-refractivity contribution >= 4 is 34.8 Å². The molecule has 0 heterocycles. The fraction of sp³-hybridized carbons (Fsp3) is 0.286. The largest absolute Gasteiger partial charge is 0.494 e. The molecule has 0 fully saturated rings. The number of carbonyl (C=O) groups is 2. The Hall–Kier alpha value is -3.13. The van der Waals surface area contributed by atoms with E-state index in [0.717, 1.165) is 5.69 Å². The van der Waals surface area contributed by atoms with E-state index < -0.39 is 5.91 Å². The fourth-order valence-electron chi connectivity index (χ4n) is 2.42. The molecule has 0 atom stereocenters. The topological polar surface area (TPSA) is 91.5 Å². The zero-order valence-corrected chi connectivity index (χ0v) is 17.6. The summed E-state index contributed by atoms with van der Waals surface area (Å²) in [7, 11) is 0. The number of benzene rings is 2. The van der Waals surface area contributed by atoms with Gasteiger partial charge in [-0.3, -0.25) is 20.4 Å². The number of carbonyl (C=O) groups excluding carboxylic acids is 2. The molecule has 2 amide bonds. The second kappa shape index (κ2) is 11.0. The Labute approximate surface area is 176 Å². The maximum Gasteiger partial charge on any atom is 0.257 e. The molecule has 2 rings (SSSR count). The molecule has 7 nitrogen and oxygen atoms in total. The van der Waals surface area contributed by atoms with Crippen molar-refractivity contribution in [3.05, 3.63) is 59.7 Å². The molecule has 0 unspecified atom stereocenters. The lowest BCUT2D eigenvalue weighted by atomic mass is 10.0. The van der Waals surface area contributed by atoms with Crippen LogP contribution in [0.15, 0.2) is 48.5 Å². The third kappa shape index (κ3) is 7.42. The van der Waals surface area contributed by atoms with Gasteiger partial charge in [0.15, 0.2) is 5.11 Å². The van der Waals surface area contributed by atoms with Crippen LogP contribution < -0.4 is 26.2 Å². The molecule has 4 N–H and O–H groups in total. The number of thiocarbonyl (C=S) groups is 1. The monoisotopic (exact) mass is 414 g/mol. The number of amides is 2. The molecule has 0 bridgehead atoms. The molecule has 0 saturated heterocycles. The minimum atomic E-state index is -0.427. The zero-order chi connectivity index (χ0) is 21.2. The van der Waals surface area contributed by atoms with E-state index in [1.807, 2.05) is 31.2 Å². The average Bonchev–Trinajstić information content (AvgIpc) is 2.71. The van der Waals surface area contributed by atoms with Gasteiger partial charge in [-0.25, -0.2) is 0 Å². The van der Waals surface area contributed by atoms with Crippen molar-refractivity contribution in [2.24, 2.45) is 0 Å². The summed E-state index contributed by atoms with van der Waals surface area (Å²) in [5, 5.41) is 5.77. The maximum absolute atomic E-state index is 12.1. The van der Waals surface area contributed by atoms with Crippen molar-refractivity contribution in [1.82, 2.24) is 16.2 Å². The predicted molar refractivity (Wildman–Crippen MR) is 118 cm³/mol. The van der Waals surface area contributed by atoms with E-state index in [2.05, 4.69) is 35.3 Å². The highest BCUT2D eigenvalue weighted by Crippen LogP contribution is 2.17. The first-order chi connectivity index (χ1) is 13.9. The molecule has 0 spiro atoms. The Morgan fingerprint density at radius 1 is 1.00 bits per heavy atom. The second-order valence-corrected chi connectivity index (χ2v) is 6.95. The summed E-state index contributed by atoms with van der Waals surface area (Å²) in [5.41, 5.74) is 7.52. The molecular formula is C21H26N4O3S. The fourth-order valence-corrected chi connectivity index (χ4v) is 2.59. The summed E-state index contributed by atoms with van der Waals surface area (Å²) in [6.07, 6.45) is 0. The molecule has 29 heavy (non-hydrogen) atoms. The van der Waals surface area contributed by atoms with Crippen LogP contribution in [0, 0.1) is 0 Å². The highest BCUT2D eigenvalue weighted by Gasteiger charge is 2.09. The van der Waals surface area contributed by atoms with E-state index in [1.54, 1.807) is 24.3 Å². The van der Waals surface area contributed by atoms with E-state index in [9.17, 15) is 9.59 Å². The van der Waals surface area contributed by atoms with Crippen LogP contribution in [0.1, 0.15) is 42.6 Å². The molecular weight excluding hydrogens is 388 g/mol. The van der Waals surface area contributed by atoms with Crippen molar-refractivity contribution in [2.75, 3.05) is 18.5 Å². The summed E-state index contributed by atoms with van der Waals surface area (Å²) < 4.78 is 5.33. The maximum atomic E-state index is 12.1. The predicted octanol–water partition coefficient (Wildman–Crippen LogP) is 2.96. The Kier molecular flexibility index (Phi) is 8.42. The van der Waals surface area contributed by atoms with Crippen molar-refractivity contribution in [1.29, 1.82) is 0 Å². The van der Waals surface area contributed by atoms with Crippen LogP contribution in [0.4, 0.5) is 5.69 Å². The number of rotatable bonds is 7. The Morgan fingerprint density at radius 2 is 1.66 bits per heavy atom. The lowest BCUT2D eigenvalue weighted by Gasteiger charge is -2.13. The van der Waals surface area contributed by atoms with Gasteiger partial charge in [0, 0.05) is 11.3 Å². The summed E-state index contributed by atoms with van der Waals surface area (Å²) in [4.78, 5) is 24.0. The number of ether oxygens (including phenoxy) is 1. The highest BCUT2D eigenvalue weighted by atomic mass is 32.1. The van der Waals surface area contributed by atoms with Gasteiger partial charge in [0.2, 0.25) is 0 Å². The van der Waals surface area contributed by atoms with Crippen molar-refractivity contribution in [2.45, 2.75) is 26.7 Å². The van der Waals surface area contributed by atoms with E-state index >= 15 is 0 Å². The van der Waals surface area contributed by atoms with Crippen molar-refractivity contribution in [3.63, 3.8) is 0 Å². The van der Waals surface area contributed by atoms with Crippen molar-refractivity contribution < 1.29 is 14.3 Å². The number of nitrogens with one attached hydrogen (secondary N) is 4. The highest BCUT2D eigenvalue weighted by molar-refractivity contribution is 7.80. The molecule has 8 heteroatoms. The Bertz CT molecular complexity index is 836. The number of anilines is 1. The smallest absolute Gasteiger partial charge is 0.257 e. The lowest BCUT2D eigenvalue weighted by molar-refractivity contribution is -0.120. The van der Waals surface area contributed by atoms with Crippen LogP contribution in [0.3, 0.4) is 0 Å². The summed E-state index contributed by atoms with van der Waals surface area (Å²) in [6.45, 7) is 6.50. The summed E-state index contributed by atoms with van der Waals surface area (Å²) in [5.74, 6) is 0.356. The average molecular weight is 415 g/mol. The number of hydrogen-bond acceptors (Lipinski definition) is 4. The second-order valence-electron chi connectivity index (χ2n) is 6.54. The van der Waals surface area contributed by atoms with Gasteiger partial charge in [-0.1, -0.05) is 26.0 Å². The third-order valence-corrected chi connectivity index (χ3v) is 4.19. The minimum Gasteiger partial charge on any atom is -0.494 e. The Balaban J connectivity index is 1.71. The third-order valence-electron chi connectivity index (χ3n) is 3.99.